The highest BCUT2D eigenvalue weighted by molar-refractivity contribution is 5.95. The van der Waals surface area contributed by atoms with Crippen LogP contribution in [0.3, 0.4) is 0 Å². The Kier molecular flexibility index (Phi) is 3.85. The molecule has 1 N–H and O–H groups in total. The normalized spacial score (nSPS) is 17.1. The Balaban J connectivity index is 2.09. The molecule has 2 rings (SSSR count). The lowest BCUT2D eigenvalue weighted by molar-refractivity contribution is -0.137. The predicted octanol–water partition coefficient (Wildman–Crippen LogP) is 2.31. The molecule has 0 spiro atoms. The van der Waals surface area contributed by atoms with E-state index in [2.05, 4.69) is 0 Å². The summed E-state index contributed by atoms with van der Waals surface area (Å²) >= 11 is 0. The third-order valence-corrected chi connectivity index (χ3v) is 3.18. The van der Waals surface area contributed by atoms with E-state index in [0.29, 0.717) is 24.2 Å². The topological polar surface area (TPSA) is 40.5 Å². The van der Waals surface area contributed by atoms with Gasteiger partial charge in [0.25, 0.3) is 0 Å². The summed E-state index contributed by atoms with van der Waals surface area (Å²) in [5, 5.41) is 9.10. The van der Waals surface area contributed by atoms with Crippen LogP contribution in [0, 0.1) is 0 Å². The van der Waals surface area contributed by atoms with E-state index in [-0.39, 0.29) is 5.91 Å². The van der Waals surface area contributed by atoms with Gasteiger partial charge in [-0.2, -0.15) is 13.2 Å². The van der Waals surface area contributed by atoms with E-state index in [4.69, 9.17) is 5.11 Å². The molecule has 6 heteroatoms. The molecular weight excluding hydrogens is 271 g/mol. The van der Waals surface area contributed by atoms with E-state index in [0.717, 1.165) is 12.1 Å². The number of aliphatic hydroxyl groups excluding tert-OH is 1. The van der Waals surface area contributed by atoms with Crippen LogP contribution in [-0.2, 0) is 11.0 Å². The van der Waals surface area contributed by atoms with Crippen molar-refractivity contribution in [1.29, 1.82) is 0 Å². The second-order valence-electron chi connectivity index (χ2n) is 4.80. The second-order valence-corrected chi connectivity index (χ2v) is 4.80. The summed E-state index contributed by atoms with van der Waals surface area (Å²) < 4.78 is 37.3. The zero-order valence-corrected chi connectivity index (χ0v) is 10.8. The molecule has 3 nitrogen and oxygen atoms in total. The van der Waals surface area contributed by atoms with Gasteiger partial charge in [0, 0.05) is 19.2 Å². The predicted molar refractivity (Wildman–Crippen MR) is 67.7 cm³/mol. The Labute approximate surface area is 114 Å². The van der Waals surface area contributed by atoms with Crippen LogP contribution in [0.2, 0.25) is 0 Å². The zero-order chi connectivity index (χ0) is 14.9. The molecule has 0 radical (unpaired) electrons. The summed E-state index contributed by atoms with van der Waals surface area (Å²) in [6.07, 6.45) is -3.47. The van der Waals surface area contributed by atoms with E-state index in [1.54, 1.807) is 6.92 Å². The molecule has 1 amide bonds. The lowest BCUT2D eigenvalue weighted by Gasteiger charge is -2.35. The van der Waals surface area contributed by atoms with Gasteiger partial charge in [-0.15, -0.1) is 0 Å². The van der Waals surface area contributed by atoms with Crippen molar-refractivity contribution in [3.05, 3.63) is 41.5 Å². The summed E-state index contributed by atoms with van der Waals surface area (Å²) in [5.74, 6) is -0.243. The van der Waals surface area contributed by atoms with Crippen molar-refractivity contribution in [1.82, 2.24) is 4.90 Å². The maximum Gasteiger partial charge on any atom is 0.416 e. The number of alkyl halides is 3. The number of amides is 1. The van der Waals surface area contributed by atoms with Gasteiger partial charge in [-0.3, -0.25) is 4.79 Å². The van der Waals surface area contributed by atoms with Crippen LogP contribution < -0.4 is 0 Å². The van der Waals surface area contributed by atoms with Gasteiger partial charge in [-0.25, -0.2) is 0 Å². The quantitative estimate of drug-likeness (QED) is 0.847. The van der Waals surface area contributed by atoms with Crippen molar-refractivity contribution >= 4 is 11.5 Å². The molecule has 108 valence electrons. The molecule has 1 fully saturated rings. The number of aliphatic hydroxyl groups is 1. The van der Waals surface area contributed by atoms with E-state index in [9.17, 15) is 18.0 Å². The fraction of sp³-hybridized carbons (Fsp3) is 0.357. The Morgan fingerprint density at radius 1 is 1.30 bits per heavy atom. The average molecular weight is 285 g/mol. The van der Waals surface area contributed by atoms with Crippen molar-refractivity contribution in [2.75, 3.05) is 13.1 Å². The van der Waals surface area contributed by atoms with Crippen LogP contribution >= 0.6 is 0 Å². The summed E-state index contributed by atoms with van der Waals surface area (Å²) in [6, 6.07) is 4.66. The van der Waals surface area contributed by atoms with Crippen LogP contribution in [0.4, 0.5) is 13.2 Å². The molecule has 1 saturated heterocycles. The molecular formula is C14H14F3NO2. The highest BCUT2D eigenvalue weighted by Gasteiger charge is 2.30. The molecule has 1 aromatic rings. The highest BCUT2D eigenvalue weighted by Crippen LogP contribution is 2.30. The zero-order valence-electron chi connectivity index (χ0n) is 10.8. The van der Waals surface area contributed by atoms with Crippen molar-refractivity contribution in [2.24, 2.45) is 0 Å². The minimum atomic E-state index is -4.36. The average Bonchev–Trinajstić information content (AvgIpc) is 2.34. The first-order valence-electron chi connectivity index (χ1n) is 6.10. The molecule has 0 bridgehead atoms. The molecule has 0 unspecified atom stereocenters. The molecule has 1 aliphatic heterocycles. The molecule has 1 heterocycles. The van der Waals surface area contributed by atoms with Gasteiger partial charge in [0.2, 0.25) is 5.91 Å². The van der Waals surface area contributed by atoms with Crippen LogP contribution in [-0.4, -0.2) is 35.1 Å². The van der Waals surface area contributed by atoms with E-state index in [1.807, 2.05) is 0 Å². The van der Waals surface area contributed by atoms with Gasteiger partial charge >= 0.3 is 6.18 Å². The lowest BCUT2D eigenvalue weighted by Crippen LogP contribution is -2.53. The Morgan fingerprint density at radius 2 is 1.85 bits per heavy atom. The smallest absolute Gasteiger partial charge is 0.389 e. The van der Waals surface area contributed by atoms with Crippen molar-refractivity contribution < 1.29 is 23.1 Å². The number of hydrogen-bond donors (Lipinski definition) is 1. The van der Waals surface area contributed by atoms with Crippen LogP contribution in [0.25, 0.3) is 5.57 Å². The molecule has 20 heavy (non-hydrogen) atoms. The SMILES string of the molecule is C/C(=C/C(=O)N1CC(O)C1)c1ccc(C(F)(F)F)cc1. The van der Waals surface area contributed by atoms with Gasteiger partial charge in [-0.1, -0.05) is 12.1 Å². The van der Waals surface area contributed by atoms with E-state index < -0.39 is 17.8 Å². The fourth-order valence-corrected chi connectivity index (χ4v) is 1.92. The number of allylic oxidation sites excluding steroid dienone is 1. The molecule has 1 aromatic carbocycles. The Morgan fingerprint density at radius 3 is 2.30 bits per heavy atom. The summed E-state index contributed by atoms with van der Waals surface area (Å²) in [4.78, 5) is 13.2. The number of hydrogen-bond acceptors (Lipinski definition) is 2. The number of carbonyl (C=O) groups excluding carboxylic acids is 1. The van der Waals surface area contributed by atoms with Crippen molar-refractivity contribution in [2.45, 2.75) is 19.2 Å². The summed E-state index contributed by atoms with van der Waals surface area (Å²) in [7, 11) is 0. The number of likely N-dealkylation sites (tertiary alicyclic amines) is 1. The first-order valence-corrected chi connectivity index (χ1v) is 6.10. The molecule has 0 atom stereocenters. The van der Waals surface area contributed by atoms with Gasteiger partial charge in [0.15, 0.2) is 0 Å². The number of β-amino-alcohol motifs (C(OH)–C–C–N with tert-alkyl or cyclic N) is 1. The maximum absolute atomic E-state index is 12.4. The third kappa shape index (κ3) is 3.19. The maximum atomic E-state index is 12.4. The lowest BCUT2D eigenvalue weighted by atomic mass is 10.0. The second kappa shape index (κ2) is 5.28. The van der Waals surface area contributed by atoms with Crippen LogP contribution in [0.15, 0.2) is 30.3 Å². The van der Waals surface area contributed by atoms with E-state index in [1.165, 1.54) is 23.1 Å². The summed E-state index contributed by atoms with van der Waals surface area (Å²) in [6.45, 7) is 2.27. The van der Waals surface area contributed by atoms with Crippen molar-refractivity contribution in [3.8, 4) is 0 Å². The standard InChI is InChI=1S/C14H14F3NO2/c1-9(6-13(20)18-7-12(19)8-18)10-2-4-11(5-3-10)14(15,16)17/h2-6,12,19H,7-8H2,1H3/b9-6-. The van der Waals surface area contributed by atoms with Gasteiger partial charge in [-0.05, 0) is 30.2 Å². The number of carbonyl (C=O) groups is 1. The Hall–Kier alpha value is -1.82. The number of halogens is 3. The molecule has 0 aliphatic carbocycles. The highest BCUT2D eigenvalue weighted by atomic mass is 19.4. The van der Waals surface area contributed by atoms with Gasteiger partial charge in [0.05, 0.1) is 11.7 Å². The van der Waals surface area contributed by atoms with Gasteiger partial charge in [0.1, 0.15) is 0 Å². The molecule has 0 saturated carbocycles. The third-order valence-electron chi connectivity index (χ3n) is 3.18. The number of nitrogens with zero attached hydrogens (tertiary/aromatic N) is 1. The minimum absolute atomic E-state index is 0.243. The van der Waals surface area contributed by atoms with Crippen LogP contribution in [0.1, 0.15) is 18.1 Å². The Bertz CT molecular complexity index is 528. The first kappa shape index (κ1) is 14.6. The minimum Gasteiger partial charge on any atom is -0.389 e. The monoisotopic (exact) mass is 285 g/mol. The number of benzene rings is 1. The van der Waals surface area contributed by atoms with Gasteiger partial charge < -0.3 is 10.0 Å². The molecule has 0 aromatic heterocycles. The largest absolute Gasteiger partial charge is 0.416 e. The number of rotatable bonds is 2. The first-order chi connectivity index (χ1) is 9.27. The molecule has 1 aliphatic rings. The fourth-order valence-electron chi connectivity index (χ4n) is 1.92. The summed E-state index contributed by atoms with van der Waals surface area (Å²) in [5.41, 5.74) is 0.434. The van der Waals surface area contributed by atoms with E-state index >= 15 is 0 Å². The van der Waals surface area contributed by atoms with Crippen molar-refractivity contribution in [3.63, 3.8) is 0 Å². The van der Waals surface area contributed by atoms with Crippen LogP contribution in [0.5, 0.6) is 0 Å².